The van der Waals surface area contributed by atoms with Gasteiger partial charge in [-0.15, -0.1) is 11.3 Å². The predicted octanol–water partition coefficient (Wildman–Crippen LogP) is 2.19. The summed E-state index contributed by atoms with van der Waals surface area (Å²) < 4.78 is 0. The number of amides is 1. The first-order valence-electron chi connectivity index (χ1n) is 8.93. The summed E-state index contributed by atoms with van der Waals surface area (Å²) in [5.74, 6) is 0.232. The summed E-state index contributed by atoms with van der Waals surface area (Å²) in [5.41, 5.74) is 2.35. The van der Waals surface area contributed by atoms with Gasteiger partial charge in [0.2, 0.25) is 0 Å². The van der Waals surface area contributed by atoms with Crippen LogP contribution in [0.2, 0.25) is 0 Å². The van der Waals surface area contributed by atoms with Crippen molar-refractivity contribution in [1.82, 2.24) is 4.90 Å². The fourth-order valence-corrected chi connectivity index (χ4v) is 4.47. The second-order valence-electron chi connectivity index (χ2n) is 7.11. The lowest BCUT2D eigenvalue weighted by Crippen LogP contribution is -3.11. The Hall–Kier alpha value is -1.85. The summed E-state index contributed by atoms with van der Waals surface area (Å²) in [6.45, 7) is 2.36. The van der Waals surface area contributed by atoms with E-state index in [0.29, 0.717) is 19.1 Å². The van der Waals surface area contributed by atoms with E-state index in [1.54, 1.807) is 0 Å². The molecule has 1 N–H and O–H groups in total. The Morgan fingerprint density at radius 1 is 1.20 bits per heavy atom. The molecular formula is C20H28N3OS+. The van der Waals surface area contributed by atoms with Gasteiger partial charge in [-0.2, -0.15) is 0 Å². The number of carbonyl (C=O) groups excluding carboxylic acids is 1. The van der Waals surface area contributed by atoms with Gasteiger partial charge in [-0.25, -0.2) is 0 Å². The van der Waals surface area contributed by atoms with E-state index in [9.17, 15) is 4.79 Å². The second-order valence-corrected chi connectivity index (χ2v) is 8.09. The van der Waals surface area contributed by atoms with E-state index < -0.39 is 0 Å². The SMILES string of the molecule is CN(Cc1ccc(N(C)C)cc1)C(=O)C[NH+]1CCC[C@@H]1c1cccs1. The summed E-state index contributed by atoms with van der Waals surface area (Å²) >= 11 is 1.82. The number of likely N-dealkylation sites (N-methyl/N-ethyl adjacent to an activating group) is 1. The van der Waals surface area contributed by atoms with Gasteiger partial charge in [0.15, 0.2) is 6.54 Å². The lowest BCUT2D eigenvalue weighted by atomic mass is 10.2. The fourth-order valence-electron chi connectivity index (χ4n) is 3.55. The molecule has 0 saturated carbocycles. The molecule has 1 fully saturated rings. The van der Waals surface area contributed by atoms with Crippen molar-refractivity contribution >= 4 is 22.9 Å². The molecule has 1 amide bonds. The van der Waals surface area contributed by atoms with Crippen LogP contribution in [0.3, 0.4) is 0 Å². The molecule has 0 radical (unpaired) electrons. The third kappa shape index (κ3) is 4.41. The number of carbonyl (C=O) groups is 1. The van der Waals surface area contributed by atoms with Crippen molar-refractivity contribution in [1.29, 1.82) is 0 Å². The van der Waals surface area contributed by atoms with Gasteiger partial charge in [-0.05, 0) is 29.1 Å². The second kappa shape index (κ2) is 8.02. The standard InChI is InChI=1S/C20H27N3OS/c1-21(2)17-10-8-16(9-11-17)14-22(3)20(24)15-23-12-4-6-18(23)19-7-5-13-25-19/h5,7-11,13,18H,4,6,12,14-15H2,1-3H3/p+1/t18-/m1/s1. The van der Waals surface area contributed by atoms with E-state index in [1.165, 1.54) is 33.9 Å². The van der Waals surface area contributed by atoms with Gasteiger partial charge in [-0.3, -0.25) is 4.79 Å². The Labute approximate surface area is 154 Å². The first-order valence-corrected chi connectivity index (χ1v) is 9.81. The van der Waals surface area contributed by atoms with Crippen molar-refractivity contribution < 1.29 is 9.69 Å². The number of likely N-dealkylation sites (tertiary alicyclic amines) is 1. The minimum atomic E-state index is 0.232. The summed E-state index contributed by atoms with van der Waals surface area (Å²) in [6.07, 6.45) is 2.40. The number of anilines is 1. The number of nitrogens with zero attached hydrogens (tertiary/aromatic N) is 2. The Kier molecular flexibility index (Phi) is 5.76. The van der Waals surface area contributed by atoms with Gasteiger partial charge in [0.05, 0.1) is 11.4 Å². The summed E-state index contributed by atoms with van der Waals surface area (Å²) in [7, 11) is 5.98. The van der Waals surface area contributed by atoms with Crippen LogP contribution in [-0.2, 0) is 11.3 Å². The number of quaternary nitrogens is 1. The molecule has 2 atom stereocenters. The summed E-state index contributed by atoms with van der Waals surface area (Å²) in [5, 5.41) is 2.14. The number of nitrogens with one attached hydrogen (secondary N) is 1. The van der Waals surface area contributed by atoms with Crippen LogP contribution in [0.25, 0.3) is 0 Å². The van der Waals surface area contributed by atoms with E-state index in [1.807, 2.05) is 37.4 Å². The molecule has 0 spiro atoms. The summed E-state index contributed by atoms with van der Waals surface area (Å²) in [4.78, 5) is 19.5. The molecule has 2 aromatic rings. The van der Waals surface area contributed by atoms with Crippen LogP contribution in [0.4, 0.5) is 5.69 Å². The van der Waals surface area contributed by atoms with Crippen molar-refractivity contribution in [3.8, 4) is 0 Å². The zero-order valence-electron chi connectivity index (χ0n) is 15.4. The molecular weight excluding hydrogens is 330 g/mol. The fraction of sp³-hybridized carbons (Fsp3) is 0.450. The number of rotatable bonds is 6. The predicted molar refractivity (Wildman–Crippen MR) is 104 cm³/mol. The van der Waals surface area contributed by atoms with Crippen molar-refractivity contribution in [3.05, 3.63) is 52.2 Å². The lowest BCUT2D eigenvalue weighted by molar-refractivity contribution is -0.910. The summed E-state index contributed by atoms with van der Waals surface area (Å²) in [6, 6.07) is 13.2. The minimum Gasteiger partial charge on any atom is -0.378 e. The van der Waals surface area contributed by atoms with Crippen molar-refractivity contribution in [3.63, 3.8) is 0 Å². The molecule has 25 heavy (non-hydrogen) atoms. The highest BCUT2D eigenvalue weighted by molar-refractivity contribution is 7.10. The maximum atomic E-state index is 12.7. The minimum absolute atomic E-state index is 0.232. The Morgan fingerprint density at radius 3 is 2.60 bits per heavy atom. The molecule has 1 aliphatic rings. The zero-order chi connectivity index (χ0) is 17.8. The van der Waals surface area contributed by atoms with Gasteiger partial charge in [0.1, 0.15) is 6.04 Å². The third-order valence-electron chi connectivity index (χ3n) is 5.05. The molecule has 3 rings (SSSR count). The van der Waals surface area contributed by atoms with Crippen molar-refractivity contribution in [2.24, 2.45) is 0 Å². The van der Waals surface area contributed by atoms with Crippen LogP contribution < -0.4 is 9.80 Å². The van der Waals surface area contributed by atoms with Crippen LogP contribution in [0, 0.1) is 0 Å². The van der Waals surface area contributed by atoms with Gasteiger partial charge in [0, 0.05) is 46.2 Å². The first kappa shape index (κ1) is 18.0. The van der Waals surface area contributed by atoms with Gasteiger partial charge >= 0.3 is 0 Å². The zero-order valence-corrected chi connectivity index (χ0v) is 16.2. The molecule has 4 nitrogen and oxygen atoms in total. The van der Waals surface area contributed by atoms with Crippen molar-refractivity contribution in [2.75, 3.05) is 39.1 Å². The van der Waals surface area contributed by atoms with Gasteiger partial charge < -0.3 is 14.7 Å². The first-order chi connectivity index (χ1) is 12.0. The average Bonchev–Trinajstić information content (AvgIpc) is 3.26. The monoisotopic (exact) mass is 358 g/mol. The van der Waals surface area contributed by atoms with E-state index in [2.05, 4.69) is 46.7 Å². The largest absolute Gasteiger partial charge is 0.378 e. The molecule has 134 valence electrons. The molecule has 1 unspecified atom stereocenters. The van der Waals surface area contributed by atoms with Crippen LogP contribution in [0.1, 0.15) is 29.3 Å². The Morgan fingerprint density at radius 2 is 1.96 bits per heavy atom. The van der Waals surface area contributed by atoms with Crippen LogP contribution in [-0.4, -0.2) is 45.0 Å². The molecule has 1 saturated heterocycles. The highest BCUT2D eigenvalue weighted by Gasteiger charge is 2.32. The van der Waals surface area contributed by atoms with Crippen LogP contribution in [0.5, 0.6) is 0 Å². The van der Waals surface area contributed by atoms with Gasteiger partial charge in [0.25, 0.3) is 5.91 Å². The molecule has 2 heterocycles. The van der Waals surface area contributed by atoms with Crippen LogP contribution in [0.15, 0.2) is 41.8 Å². The topological polar surface area (TPSA) is 28.0 Å². The number of thiophene rings is 1. The number of benzene rings is 1. The lowest BCUT2D eigenvalue weighted by Gasteiger charge is -2.24. The van der Waals surface area contributed by atoms with E-state index in [0.717, 1.165) is 6.54 Å². The van der Waals surface area contributed by atoms with Gasteiger partial charge in [-0.1, -0.05) is 18.2 Å². The maximum Gasteiger partial charge on any atom is 0.277 e. The smallest absolute Gasteiger partial charge is 0.277 e. The number of hydrogen-bond donors (Lipinski definition) is 1. The quantitative estimate of drug-likeness (QED) is 0.857. The Bertz CT molecular complexity index is 681. The molecule has 1 aliphatic heterocycles. The van der Waals surface area contributed by atoms with E-state index in [4.69, 9.17) is 0 Å². The highest BCUT2D eigenvalue weighted by Crippen LogP contribution is 2.23. The average molecular weight is 359 g/mol. The molecule has 0 aliphatic carbocycles. The normalized spacial score (nSPS) is 19.8. The maximum absolute atomic E-state index is 12.7. The molecule has 0 bridgehead atoms. The molecule has 1 aromatic heterocycles. The molecule has 5 heteroatoms. The highest BCUT2D eigenvalue weighted by atomic mass is 32.1. The van der Waals surface area contributed by atoms with Crippen molar-refractivity contribution in [2.45, 2.75) is 25.4 Å². The van der Waals surface area contributed by atoms with E-state index in [-0.39, 0.29) is 5.91 Å². The molecule has 1 aromatic carbocycles. The Balaban J connectivity index is 1.57. The third-order valence-corrected chi connectivity index (χ3v) is 6.03. The number of hydrogen-bond acceptors (Lipinski definition) is 3. The van der Waals surface area contributed by atoms with E-state index >= 15 is 0 Å². The van der Waals surface area contributed by atoms with Crippen LogP contribution >= 0.6 is 11.3 Å².